The van der Waals surface area contributed by atoms with Gasteiger partial charge in [-0.15, -0.1) is 0 Å². The summed E-state index contributed by atoms with van der Waals surface area (Å²) in [6.07, 6.45) is 6.65. The lowest BCUT2D eigenvalue weighted by Gasteiger charge is -2.19. The van der Waals surface area contributed by atoms with Gasteiger partial charge in [-0.3, -0.25) is 0 Å². The lowest BCUT2D eigenvalue weighted by Crippen LogP contribution is -2.10. The molecule has 0 aromatic heterocycles. The standard InChI is InChI=1S/C20H24/c1-20(2,3)19-15-13-18(14-16-19)12-8-7-11-17-9-5-4-6-10-17/h4-7,9-11,13-16H,8,12H2,1-3H3/b11-7+. The Morgan fingerprint density at radius 1 is 0.850 bits per heavy atom. The summed E-state index contributed by atoms with van der Waals surface area (Å²) in [5.74, 6) is 0. The van der Waals surface area contributed by atoms with E-state index in [-0.39, 0.29) is 5.41 Å². The molecule has 104 valence electrons. The van der Waals surface area contributed by atoms with Crippen LogP contribution >= 0.6 is 0 Å². The van der Waals surface area contributed by atoms with Gasteiger partial charge in [0, 0.05) is 0 Å². The molecule has 20 heavy (non-hydrogen) atoms. The van der Waals surface area contributed by atoms with E-state index >= 15 is 0 Å². The lowest BCUT2D eigenvalue weighted by atomic mass is 9.86. The number of hydrogen-bond donors (Lipinski definition) is 0. The van der Waals surface area contributed by atoms with Gasteiger partial charge in [-0.05, 0) is 34.9 Å². The van der Waals surface area contributed by atoms with Gasteiger partial charge in [0.1, 0.15) is 0 Å². The van der Waals surface area contributed by atoms with E-state index in [0.29, 0.717) is 0 Å². The van der Waals surface area contributed by atoms with Crippen LogP contribution in [0.5, 0.6) is 0 Å². The molecule has 0 spiro atoms. The Labute approximate surface area is 123 Å². The van der Waals surface area contributed by atoms with Crippen LogP contribution in [0.4, 0.5) is 0 Å². The fraction of sp³-hybridized carbons (Fsp3) is 0.300. The molecule has 2 aromatic rings. The molecule has 0 aliphatic carbocycles. The van der Waals surface area contributed by atoms with Crippen LogP contribution < -0.4 is 0 Å². The van der Waals surface area contributed by atoms with Crippen LogP contribution in [0.2, 0.25) is 0 Å². The first-order valence-electron chi connectivity index (χ1n) is 7.37. The van der Waals surface area contributed by atoms with Crippen molar-refractivity contribution in [2.24, 2.45) is 0 Å². The fourth-order valence-electron chi connectivity index (χ4n) is 2.20. The van der Waals surface area contributed by atoms with Crippen molar-refractivity contribution in [3.63, 3.8) is 0 Å². The highest BCUT2D eigenvalue weighted by Crippen LogP contribution is 2.22. The second-order valence-electron chi connectivity index (χ2n) is 6.30. The smallest absolute Gasteiger partial charge is 0.0132 e. The Hall–Kier alpha value is -1.82. The van der Waals surface area contributed by atoms with Crippen molar-refractivity contribution in [3.05, 3.63) is 77.4 Å². The van der Waals surface area contributed by atoms with Gasteiger partial charge in [-0.2, -0.15) is 0 Å². The maximum Gasteiger partial charge on any atom is -0.0132 e. The average Bonchev–Trinajstić information content (AvgIpc) is 2.44. The van der Waals surface area contributed by atoms with Crippen LogP contribution in [-0.4, -0.2) is 0 Å². The molecule has 0 unspecified atom stereocenters. The predicted molar refractivity (Wildman–Crippen MR) is 88.9 cm³/mol. The van der Waals surface area contributed by atoms with Crippen molar-refractivity contribution in [3.8, 4) is 0 Å². The van der Waals surface area contributed by atoms with Gasteiger partial charge in [0.25, 0.3) is 0 Å². The molecule has 0 heteroatoms. The first-order chi connectivity index (χ1) is 9.55. The Balaban J connectivity index is 1.87. The summed E-state index contributed by atoms with van der Waals surface area (Å²) >= 11 is 0. The van der Waals surface area contributed by atoms with Gasteiger partial charge in [-0.1, -0.05) is 87.5 Å². The Morgan fingerprint density at radius 2 is 1.50 bits per heavy atom. The number of aryl methyl sites for hydroxylation is 1. The minimum Gasteiger partial charge on any atom is -0.0836 e. The summed E-state index contributed by atoms with van der Waals surface area (Å²) in [6, 6.07) is 19.5. The molecule has 0 amide bonds. The van der Waals surface area contributed by atoms with Crippen LogP contribution in [0, 0.1) is 0 Å². The molecule has 0 N–H and O–H groups in total. The molecule has 0 fully saturated rings. The molecule has 2 aromatic carbocycles. The first-order valence-corrected chi connectivity index (χ1v) is 7.37. The maximum absolute atomic E-state index is 2.26. The topological polar surface area (TPSA) is 0 Å². The van der Waals surface area contributed by atoms with E-state index in [0.717, 1.165) is 12.8 Å². The quantitative estimate of drug-likeness (QED) is 0.671. The molecule has 0 aliphatic heterocycles. The van der Waals surface area contributed by atoms with Crippen molar-refractivity contribution in [2.45, 2.75) is 39.0 Å². The van der Waals surface area contributed by atoms with Crippen LogP contribution in [0.3, 0.4) is 0 Å². The average molecular weight is 264 g/mol. The van der Waals surface area contributed by atoms with Crippen molar-refractivity contribution < 1.29 is 0 Å². The molecule has 0 aliphatic rings. The van der Waals surface area contributed by atoms with E-state index < -0.39 is 0 Å². The molecular formula is C20H24. The SMILES string of the molecule is CC(C)(C)c1ccc(CC/C=C/c2ccccc2)cc1. The monoisotopic (exact) mass is 264 g/mol. The summed E-state index contributed by atoms with van der Waals surface area (Å²) in [5, 5.41) is 0. The highest BCUT2D eigenvalue weighted by molar-refractivity contribution is 5.48. The Kier molecular flexibility index (Phi) is 4.79. The molecule has 0 heterocycles. The lowest BCUT2D eigenvalue weighted by molar-refractivity contribution is 0.590. The summed E-state index contributed by atoms with van der Waals surface area (Å²) in [6.45, 7) is 6.76. The van der Waals surface area contributed by atoms with Crippen LogP contribution in [0.25, 0.3) is 6.08 Å². The summed E-state index contributed by atoms with van der Waals surface area (Å²) in [5.41, 5.74) is 4.33. The zero-order valence-corrected chi connectivity index (χ0v) is 12.8. The van der Waals surface area contributed by atoms with E-state index in [2.05, 4.69) is 81.5 Å². The Morgan fingerprint density at radius 3 is 2.10 bits per heavy atom. The van der Waals surface area contributed by atoms with E-state index in [1.165, 1.54) is 16.7 Å². The van der Waals surface area contributed by atoms with E-state index in [4.69, 9.17) is 0 Å². The maximum atomic E-state index is 2.26. The molecule has 2 rings (SSSR count). The number of benzene rings is 2. The van der Waals surface area contributed by atoms with Gasteiger partial charge in [0.05, 0.1) is 0 Å². The third-order valence-electron chi connectivity index (χ3n) is 3.53. The number of rotatable bonds is 4. The summed E-state index contributed by atoms with van der Waals surface area (Å²) in [4.78, 5) is 0. The second kappa shape index (κ2) is 6.56. The molecule has 0 nitrogen and oxygen atoms in total. The van der Waals surface area contributed by atoms with Crippen molar-refractivity contribution in [1.82, 2.24) is 0 Å². The molecule has 0 saturated carbocycles. The number of allylic oxidation sites excluding steroid dienone is 1. The third-order valence-corrected chi connectivity index (χ3v) is 3.53. The molecular weight excluding hydrogens is 240 g/mol. The zero-order chi connectivity index (χ0) is 14.4. The van der Waals surface area contributed by atoms with Gasteiger partial charge in [0.15, 0.2) is 0 Å². The van der Waals surface area contributed by atoms with Gasteiger partial charge in [0.2, 0.25) is 0 Å². The van der Waals surface area contributed by atoms with Crippen LogP contribution in [0.15, 0.2) is 60.7 Å². The molecule has 0 radical (unpaired) electrons. The highest BCUT2D eigenvalue weighted by Gasteiger charge is 2.12. The van der Waals surface area contributed by atoms with Gasteiger partial charge < -0.3 is 0 Å². The minimum absolute atomic E-state index is 0.242. The Bertz CT molecular complexity index is 539. The van der Waals surface area contributed by atoms with Crippen molar-refractivity contribution in [1.29, 1.82) is 0 Å². The second-order valence-corrected chi connectivity index (χ2v) is 6.30. The molecule has 0 saturated heterocycles. The summed E-state index contributed by atoms with van der Waals surface area (Å²) < 4.78 is 0. The zero-order valence-electron chi connectivity index (χ0n) is 12.8. The number of hydrogen-bond acceptors (Lipinski definition) is 0. The van der Waals surface area contributed by atoms with Crippen LogP contribution in [0.1, 0.15) is 43.9 Å². The van der Waals surface area contributed by atoms with Gasteiger partial charge >= 0.3 is 0 Å². The van der Waals surface area contributed by atoms with E-state index in [1.54, 1.807) is 0 Å². The van der Waals surface area contributed by atoms with Crippen molar-refractivity contribution >= 4 is 6.08 Å². The largest absolute Gasteiger partial charge is 0.0836 e. The first kappa shape index (κ1) is 14.6. The minimum atomic E-state index is 0.242. The van der Waals surface area contributed by atoms with Gasteiger partial charge in [-0.25, -0.2) is 0 Å². The van der Waals surface area contributed by atoms with Crippen molar-refractivity contribution in [2.75, 3.05) is 0 Å². The predicted octanol–water partition coefficient (Wildman–Crippen LogP) is 5.63. The third kappa shape index (κ3) is 4.38. The molecule has 0 bridgehead atoms. The summed E-state index contributed by atoms with van der Waals surface area (Å²) in [7, 11) is 0. The van der Waals surface area contributed by atoms with E-state index in [1.807, 2.05) is 6.07 Å². The molecule has 0 atom stereocenters. The normalized spacial score (nSPS) is 11.9. The van der Waals surface area contributed by atoms with E-state index in [9.17, 15) is 0 Å². The fourth-order valence-corrected chi connectivity index (χ4v) is 2.20. The highest BCUT2D eigenvalue weighted by atomic mass is 14.2. The van der Waals surface area contributed by atoms with Crippen LogP contribution in [-0.2, 0) is 11.8 Å².